The molecular weight excluding hydrogens is 597 g/mol. The van der Waals surface area contributed by atoms with Crippen LogP contribution in [0.4, 0.5) is 22.0 Å². The highest BCUT2D eigenvalue weighted by molar-refractivity contribution is 6.10. The first-order chi connectivity index (χ1) is 21.2. The highest BCUT2D eigenvalue weighted by atomic mass is 19.4. The van der Waals surface area contributed by atoms with Gasteiger partial charge in [-0.2, -0.15) is 22.0 Å². The van der Waals surface area contributed by atoms with Crippen LogP contribution in [-0.2, 0) is 25.6 Å². The van der Waals surface area contributed by atoms with E-state index in [1.54, 1.807) is 30.3 Å². The molecule has 3 aromatic rings. The van der Waals surface area contributed by atoms with E-state index in [0.29, 0.717) is 5.56 Å². The number of hydrogen-bond donors (Lipinski definition) is 3. The van der Waals surface area contributed by atoms with Crippen molar-refractivity contribution in [3.05, 3.63) is 108 Å². The van der Waals surface area contributed by atoms with Gasteiger partial charge < -0.3 is 16.0 Å². The largest absolute Gasteiger partial charge is 0.405 e. The molecule has 0 radical (unpaired) electrons. The summed E-state index contributed by atoms with van der Waals surface area (Å²) in [6, 6.07) is 23.7. The van der Waals surface area contributed by atoms with E-state index in [4.69, 9.17) is 0 Å². The van der Waals surface area contributed by atoms with Gasteiger partial charge in [0.1, 0.15) is 12.6 Å². The predicted octanol–water partition coefficient (Wildman–Crippen LogP) is 4.96. The number of amides is 3. The lowest BCUT2D eigenvalue weighted by Gasteiger charge is -2.28. The molecule has 0 aliphatic carbocycles. The molecule has 3 N–H and O–H groups in total. The summed E-state index contributed by atoms with van der Waals surface area (Å²) in [5, 5.41) is 5.88. The van der Waals surface area contributed by atoms with Crippen LogP contribution in [0, 0.1) is 5.92 Å². The van der Waals surface area contributed by atoms with Crippen LogP contribution in [0.2, 0.25) is 0 Å². The van der Waals surface area contributed by atoms with Gasteiger partial charge in [-0.25, -0.2) is 0 Å². The third-order valence-electron chi connectivity index (χ3n) is 7.02. The molecule has 0 unspecified atom stereocenters. The lowest BCUT2D eigenvalue weighted by Crippen LogP contribution is -2.59. The number of ketones is 1. The van der Waals surface area contributed by atoms with Gasteiger partial charge >= 0.3 is 12.1 Å². The maximum absolute atomic E-state index is 14.7. The Morgan fingerprint density at radius 1 is 0.711 bits per heavy atom. The highest BCUT2D eigenvalue weighted by Gasteiger charge is 2.52. The van der Waals surface area contributed by atoms with Crippen LogP contribution >= 0.6 is 0 Å². The molecule has 0 saturated carbocycles. The molecule has 0 fully saturated rings. The Morgan fingerprint density at radius 2 is 1.20 bits per heavy atom. The van der Waals surface area contributed by atoms with Crippen LogP contribution in [-0.4, -0.2) is 54.2 Å². The Kier molecular flexibility index (Phi) is 11.9. The normalized spacial score (nSPS) is 13.2. The van der Waals surface area contributed by atoms with Crippen molar-refractivity contribution >= 4 is 23.5 Å². The Bertz CT molecular complexity index is 1400. The number of carbonyl (C=O) groups is 4. The molecule has 0 aromatic heterocycles. The van der Waals surface area contributed by atoms with Gasteiger partial charge in [0.25, 0.3) is 5.91 Å². The van der Waals surface area contributed by atoms with E-state index >= 15 is 0 Å². The van der Waals surface area contributed by atoms with Gasteiger partial charge in [-0.1, -0.05) is 105 Å². The minimum Gasteiger partial charge on any atom is -0.344 e. The molecule has 3 amide bonds. The molecule has 0 aliphatic heterocycles. The molecule has 3 rings (SSSR count). The second-order valence-corrected chi connectivity index (χ2v) is 10.9. The molecule has 0 heterocycles. The van der Waals surface area contributed by atoms with Gasteiger partial charge in [0.2, 0.25) is 17.6 Å². The Morgan fingerprint density at radius 3 is 1.67 bits per heavy atom. The van der Waals surface area contributed by atoms with Crippen molar-refractivity contribution in [2.24, 2.45) is 5.92 Å². The number of nitrogens with one attached hydrogen (secondary N) is 3. The fraction of sp³-hybridized carbons (Fsp3) is 0.333. The lowest BCUT2D eigenvalue weighted by atomic mass is 9.88. The first kappa shape index (κ1) is 34.9. The molecule has 3 aromatic carbocycles. The van der Waals surface area contributed by atoms with Gasteiger partial charge in [0.05, 0.1) is 6.04 Å². The second-order valence-electron chi connectivity index (χ2n) is 10.9. The third-order valence-corrected chi connectivity index (χ3v) is 7.02. The molecule has 0 spiro atoms. The van der Waals surface area contributed by atoms with Gasteiger partial charge in [-0.3, -0.25) is 19.2 Å². The van der Waals surface area contributed by atoms with Crippen molar-refractivity contribution < 1.29 is 41.1 Å². The Labute approximate surface area is 257 Å². The second kappa shape index (κ2) is 15.4. The topological polar surface area (TPSA) is 104 Å². The molecule has 7 nitrogen and oxygen atoms in total. The third kappa shape index (κ3) is 10.2. The summed E-state index contributed by atoms with van der Waals surface area (Å²) in [6.45, 7) is 0.578. The van der Waals surface area contributed by atoms with Crippen LogP contribution < -0.4 is 16.0 Å². The van der Waals surface area contributed by atoms with Crippen molar-refractivity contribution in [1.82, 2.24) is 16.0 Å². The van der Waals surface area contributed by atoms with Crippen LogP contribution in [0.5, 0.6) is 0 Å². The summed E-state index contributed by atoms with van der Waals surface area (Å²) in [4.78, 5) is 51.6. The van der Waals surface area contributed by atoms with Crippen molar-refractivity contribution in [3.8, 4) is 0 Å². The maximum Gasteiger partial charge on any atom is 0.405 e. The summed E-state index contributed by atoms with van der Waals surface area (Å²) in [6.07, 6.45) is -5.12. The number of alkyl halides is 5. The number of Topliss-reactive ketones (excluding diaryl/α,β-unsaturated/α-hetero) is 1. The smallest absolute Gasteiger partial charge is 0.344 e. The molecule has 0 saturated heterocycles. The van der Waals surface area contributed by atoms with Gasteiger partial charge in [-0.05, 0) is 22.6 Å². The van der Waals surface area contributed by atoms with E-state index in [2.05, 4.69) is 10.6 Å². The molecule has 12 heteroatoms. The van der Waals surface area contributed by atoms with E-state index < -0.39 is 60.1 Å². The van der Waals surface area contributed by atoms with Crippen LogP contribution in [0.15, 0.2) is 91.0 Å². The zero-order valence-corrected chi connectivity index (χ0v) is 24.6. The summed E-state index contributed by atoms with van der Waals surface area (Å²) >= 11 is 0. The van der Waals surface area contributed by atoms with Gasteiger partial charge in [-0.15, -0.1) is 0 Å². The van der Waals surface area contributed by atoms with Gasteiger partial charge in [0, 0.05) is 18.8 Å². The predicted molar refractivity (Wildman–Crippen MR) is 157 cm³/mol. The highest BCUT2D eigenvalue weighted by Crippen LogP contribution is 2.28. The van der Waals surface area contributed by atoms with Crippen LogP contribution in [0.25, 0.3) is 0 Å². The number of rotatable bonds is 14. The molecule has 0 bridgehead atoms. The summed E-state index contributed by atoms with van der Waals surface area (Å²) in [5.41, 5.74) is 2.31. The average molecular weight is 632 g/mol. The fourth-order valence-corrected chi connectivity index (χ4v) is 4.68. The SMILES string of the molecule is CC(C)[C@H](NC(=O)[C@H](Cc1ccccc1)NC(=O)CC(c1ccccc1)c1ccccc1)C(=O)C(F)(F)C(=O)NCC(F)(F)F. The number of carbonyl (C=O) groups excluding carboxylic acids is 4. The molecule has 240 valence electrons. The number of benzene rings is 3. The minimum absolute atomic E-state index is 0.0682. The minimum atomic E-state index is -4.98. The number of hydrogen-bond acceptors (Lipinski definition) is 4. The quantitative estimate of drug-likeness (QED) is 0.173. The summed E-state index contributed by atoms with van der Waals surface area (Å²) in [7, 11) is 0. The van der Waals surface area contributed by atoms with Crippen molar-refractivity contribution in [2.75, 3.05) is 6.54 Å². The van der Waals surface area contributed by atoms with E-state index in [1.165, 1.54) is 13.8 Å². The van der Waals surface area contributed by atoms with Crippen molar-refractivity contribution in [2.45, 2.75) is 56.8 Å². The zero-order valence-electron chi connectivity index (χ0n) is 24.6. The van der Waals surface area contributed by atoms with Crippen molar-refractivity contribution in [3.63, 3.8) is 0 Å². The first-order valence-corrected chi connectivity index (χ1v) is 14.2. The van der Waals surface area contributed by atoms with Crippen LogP contribution in [0.3, 0.4) is 0 Å². The van der Waals surface area contributed by atoms with Crippen molar-refractivity contribution in [1.29, 1.82) is 0 Å². The average Bonchev–Trinajstić information content (AvgIpc) is 3.01. The Hall–Kier alpha value is -4.61. The molecular formula is C33H34F5N3O4. The maximum atomic E-state index is 14.7. The van der Waals surface area contributed by atoms with Crippen LogP contribution in [0.1, 0.15) is 42.9 Å². The zero-order chi connectivity index (χ0) is 33.2. The lowest BCUT2D eigenvalue weighted by molar-refractivity contribution is -0.165. The van der Waals surface area contributed by atoms with E-state index in [9.17, 15) is 41.1 Å². The van der Waals surface area contributed by atoms with Gasteiger partial charge in [0.15, 0.2) is 0 Å². The number of halogens is 5. The van der Waals surface area contributed by atoms with E-state index in [-0.39, 0.29) is 18.8 Å². The standard InChI is InChI=1S/C33H34F5N3O4/c1-21(2)28(29(43)33(37,38)31(45)39-20-32(34,35)36)41-30(44)26(18-22-12-6-3-7-13-22)40-27(42)19-25(23-14-8-4-9-15-23)24-16-10-5-11-17-24/h3-17,21,25-26,28H,18-20H2,1-2H3,(H,39,45)(H,40,42)(H,41,44)/t26-,28-/m0/s1. The first-order valence-electron chi connectivity index (χ1n) is 14.2. The summed E-state index contributed by atoms with van der Waals surface area (Å²) in [5.74, 6) is -12.3. The van der Waals surface area contributed by atoms with E-state index in [0.717, 1.165) is 16.4 Å². The van der Waals surface area contributed by atoms with E-state index in [1.807, 2.05) is 60.7 Å². The molecule has 45 heavy (non-hydrogen) atoms. The fourth-order valence-electron chi connectivity index (χ4n) is 4.68. The Balaban J connectivity index is 1.84. The molecule has 0 aliphatic rings. The monoisotopic (exact) mass is 631 g/mol. The molecule has 2 atom stereocenters. The summed E-state index contributed by atoms with van der Waals surface area (Å²) < 4.78 is 66.9.